The van der Waals surface area contributed by atoms with E-state index >= 15 is 0 Å². The van der Waals surface area contributed by atoms with Crippen molar-refractivity contribution in [3.8, 4) is 0 Å². The molecule has 0 saturated carbocycles. The number of allylic oxidation sites excluding steroid dienone is 4. The van der Waals surface area contributed by atoms with Crippen LogP contribution in [0.15, 0.2) is 24.3 Å². The Morgan fingerprint density at radius 1 is 0.241 bits per heavy atom. The topological polar surface area (TPSA) is 78.9 Å². The Kier molecular flexibility index (Phi) is 66.6. The Morgan fingerprint density at radius 3 is 0.633 bits per heavy atom. The smallest absolute Gasteiger partial charge is 0.306 e. The number of carbonyl (C=O) groups excluding carboxylic acids is 3. The van der Waals surface area contributed by atoms with Gasteiger partial charge in [0.05, 0.1) is 0 Å². The summed E-state index contributed by atoms with van der Waals surface area (Å²) >= 11 is 0. The van der Waals surface area contributed by atoms with Crippen LogP contribution in [0.25, 0.3) is 0 Å². The largest absolute Gasteiger partial charge is 0.462 e. The van der Waals surface area contributed by atoms with Gasteiger partial charge in [-0.15, -0.1) is 0 Å². The molecule has 0 aromatic heterocycles. The Bertz CT molecular complexity index is 1270. The number of rotatable bonds is 67. The number of hydrogen-bond donors (Lipinski definition) is 0. The van der Waals surface area contributed by atoms with Crippen molar-refractivity contribution in [2.75, 3.05) is 13.2 Å². The highest BCUT2D eigenvalue weighted by molar-refractivity contribution is 5.71. The minimum Gasteiger partial charge on any atom is -0.462 e. The van der Waals surface area contributed by atoms with E-state index in [1.165, 1.54) is 308 Å². The molecule has 0 saturated heterocycles. The Balaban J connectivity index is 4.17. The van der Waals surface area contributed by atoms with Gasteiger partial charge in [-0.3, -0.25) is 14.4 Å². The van der Waals surface area contributed by atoms with E-state index < -0.39 is 6.10 Å². The highest BCUT2D eigenvalue weighted by Crippen LogP contribution is 2.18. The summed E-state index contributed by atoms with van der Waals surface area (Å²) in [6.07, 6.45) is 83.6. The number of ether oxygens (including phenoxy) is 3. The molecular weight excluding hydrogens is 973 g/mol. The number of hydrogen-bond acceptors (Lipinski definition) is 6. The van der Waals surface area contributed by atoms with Crippen molar-refractivity contribution in [3.63, 3.8) is 0 Å². The molecule has 0 aliphatic rings. The van der Waals surface area contributed by atoms with Crippen LogP contribution in [0.1, 0.15) is 406 Å². The van der Waals surface area contributed by atoms with Gasteiger partial charge in [-0.25, -0.2) is 0 Å². The van der Waals surface area contributed by atoms with Gasteiger partial charge >= 0.3 is 17.9 Å². The van der Waals surface area contributed by atoms with Crippen LogP contribution >= 0.6 is 0 Å². The van der Waals surface area contributed by atoms with Crippen LogP contribution in [-0.4, -0.2) is 37.2 Å². The minimum atomic E-state index is -0.768. The second-order valence-corrected chi connectivity index (χ2v) is 24.5. The van der Waals surface area contributed by atoms with Gasteiger partial charge in [-0.1, -0.05) is 340 Å². The fourth-order valence-electron chi connectivity index (χ4n) is 11.0. The summed E-state index contributed by atoms with van der Waals surface area (Å²) in [5.74, 6) is -0.835. The Labute approximate surface area is 493 Å². The Hall–Kier alpha value is -2.11. The van der Waals surface area contributed by atoms with Gasteiger partial charge in [-0.2, -0.15) is 0 Å². The maximum atomic E-state index is 12.9. The fourth-order valence-corrected chi connectivity index (χ4v) is 11.0. The molecule has 0 rings (SSSR count). The van der Waals surface area contributed by atoms with Gasteiger partial charge in [-0.05, 0) is 70.6 Å². The summed E-state index contributed by atoms with van der Waals surface area (Å²) in [5, 5.41) is 0. The molecule has 0 aliphatic carbocycles. The first-order valence-electron chi connectivity index (χ1n) is 35.8. The standard InChI is InChI=1S/C73H138O6/c1-4-7-10-13-16-19-22-24-26-28-30-32-34-36-38-40-42-44-46-48-51-54-57-60-63-66-72(75)78-69-70(68-77-71(74)65-62-59-56-53-50-21-18-15-12-9-6-3)79-73(76)67-64-61-58-55-52-49-47-45-43-41-39-37-35-33-31-29-27-25-23-20-17-14-11-8-5-2/h28-31,70H,4-27,32-69H2,1-3H3/b30-28-,31-29-. The Morgan fingerprint density at radius 2 is 0.418 bits per heavy atom. The third kappa shape index (κ3) is 66.6. The molecule has 0 N–H and O–H groups in total. The summed E-state index contributed by atoms with van der Waals surface area (Å²) < 4.78 is 17.0. The molecule has 0 aliphatic heterocycles. The third-order valence-electron chi connectivity index (χ3n) is 16.4. The molecule has 1 atom stereocenters. The van der Waals surface area contributed by atoms with Gasteiger partial charge in [0.15, 0.2) is 6.10 Å². The predicted octanol–water partition coefficient (Wildman–Crippen LogP) is 24.6. The molecule has 0 radical (unpaired) electrons. The lowest BCUT2D eigenvalue weighted by Gasteiger charge is -2.18. The summed E-state index contributed by atoms with van der Waals surface area (Å²) in [6, 6.07) is 0. The van der Waals surface area contributed by atoms with E-state index in [-0.39, 0.29) is 31.1 Å². The molecule has 0 heterocycles. The summed E-state index contributed by atoms with van der Waals surface area (Å²) in [6.45, 7) is 6.71. The SMILES string of the molecule is CCCCCCCCCC/C=C\CCCCCCCCCCCCCCCC(=O)OCC(COC(=O)CCCCCCCCCCCCC)OC(=O)CCCCCCCCCCCCCCC/C=C\CCCCCCCCCC. The average molecular weight is 1110 g/mol. The van der Waals surface area contributed by atoms with E-state index in [0.29, 0.717) is 19.3 Å². The van der Waals surface area contributed by atoms with E-state index in [1.54, 1.807) is 0 Å². The van der Waals surface area contributed by atoms with Crippen molar-refractivity contribution >= 4 is 17.9 Å². The van der Waals surface area contributed by atoms with Crippen molar-refractivity contribution in [1.29, 1.82) is 0 Å². The zero-order valence-electron chi connectivity index (χ0n) is 53.7. The van der Waals surface area contributed by atoms with E-state index in [4.69, 9.17) is 14.2 Å². The third-order valence-corrected chi connectivity index (χ3v) is 16.4. The molecule has 0 fully saturated rings. The van der Waals surface area contributed by atoms with Crippen molar-refractivity contribution in [1.82, 2.24) is 0 Å². The predicted molar refractivity (Wildman–Crippen MR) is 344 cm³/mol. The van der Waals surface area contributed by atoms with E-state index in [0.717, 1.165) is 57.8 Å². The first kappa shape index (κ1) is 76.9. The molecule has 0 bridgehead atoms. The lowest BCUT2D eigenvalue weighted by Crippen LogP contribution is -2.30. The second-order valence-electron chi connectivity index (χ2n) is 24.5. The first-order valence-corrected chi connectivity index (χ1v) is 35.8. The zero-order valence-corrected chi connectivity index (χ0v) is 53.7. The van der Waals surface area contributed by atoms with E-state index in [1.807, 2.05) is 0 Å². The highest BCUT2D eigenvalue weighted by atomic mass is 16.6. The molecule has 466 valence electrons. The van der Waals surface area contributed by atoms with Crippen LogP contribution in [0.4, 0.5) is 0 Å². The lowest BCUT2D eigenvalue weighted by atomic mass is 10.0. The maximum Gasteiger partial charge on any atom is 0.306 e. The van der Waals surface area contributed by atoms with Crippen molar-refractivity contribution in [3.05, 3.63) is 24.3 Å². The van der Waals surface area contributed by atoms with Gasteiger partial charge in [0.25, 0.3) is 0 Å². The monoisotopic (exact) mass is 1110 g/mol. The van der Waals surface area contributed by atoms with E-state index in [9.17, 15) is 14.4 Å². The maximum absolute atomic E-state index is 12.9. The zero-order chi connectivity index (χ0) is 57.1. The van der Waals surface area contributed by atoms with Gasteiger partial charge < -0.3 is 14.2 Å². The van der Waals surface area contributed by atoms with Crippen LogP contribution < -0.4 is 0 Å². The molecular formula is C73H138O6. The van der Waals surface area contributed by atoms with Crippen LogP contribution in [0.5, 0.6) is 0 Å². The quantitative estimate of drug-likeness (QED) is 0.0261. The van der Waals surface area contributed by atoms with Crippen LogP contribution in [0.2, 0.25) is 0 Å². The molecule has 6 heteroatoms. The first-order chi connectivity index (χ1) is 39.0. The average Bonchev–Trinajstić information content (AvgIpc) is 3.45. The van der Waals surface area contributed by atoms with Crippen molar-refractivity contribution < 1.29 is 28.6 Å². The van der Waals surface area contributed by atoms with Gasteiger partial charge in [0, 0.05) is 19.3 Å². The van der Waals surface area contributed by atoms with Crippen LogP contribution in [0, 0.1) is 0 Å². The van der Waals surface area contributed by atoms with Crippen LogP contribution in [0.3, 0.4) is 0 Å². The normalized spacial score (nSPS) is 12.1. The number of esters is 3. The summed E-state index contributed by atoms with van der Waals surface area (Å²) in [5.41, 5.74) is 0. The van der Waals surface area contributed by atoms with Gasteiger partial charge in [0.1, 0.15) is 13.2 Å². The van der Waals surface area contributed by atoms with Crippen LogP contribution in [-0.2, 0) is 28.6 Å². The molecule has 0 amide bonds. The molecule has 79 heavy (non-hydrogen) atoms. The number of carbonyl (C=O) groups is 3. The van der Waals surface area contributed by atoms with Crippen molar-refractivity contribution in [2.24, 2.45) is 0 Å². The molecule has 1 unspecified atom stereocenters. The molecule has 0 aromatic carbocycles. The second kappa shape index (κ2) is 68.4. The number of unbranched alkanes of at least 4 members (excludes halogenated alkanes) is 52. The van der Waals surface area contributed by atoms with Gasteiger partial charge in [0.2, 0.25) is 0 Å². The van der Waals surface area contributed by atoms with E-state index in [2.05, 4.69) is 45.1 Å². The summed E-state index contributed by atoms with van der Waals surface area (Å²) in [4.78, 5) is 38.4. The highest BCUT2D eigenvalue weighted by Gasteiger charge is 2.19. The molecule has 0 aromatic rings. The minimum absolute atomic E-state index is 0.0652. The fraction of sp³-hybridized carbons (Fsp3) is 0.904. The molecule has 6 nitrogen and oxygen atoms in total. The summed E-state index contributed by atoms with van der Waals surface area (Å²) in [7, 11) is 0. The lowest BCUT2D eigenvalue weighted by molar-refractivity contribution is -0.167. The molecule has 0 spiro atoms. The van der Waals surface area contributed by atoms with Crippen molar-refractivity contribution in [2.45, 2.75) is 412 Å².